The van der Waals surface area contributed by atoms with Crippen LogP contribution in [0.15, 0.2) is 18.2 Å². The van der Waals surface area contributed by atoms with Crippen LogP contribution in [0.3, 0.4) is 0 Å². The molecule has 0 spiro atoms. The number of carbonyl (C=O) groups is 1. The normalized spacial score (nSPS) is 19.3. The van der Waals surface area contributed by atoms with Crippen molar-refractivity contribution in [3.05, 3.63) is 28.8 Å². The highest BCUT2D eigenvalue weighted by atomic mass is 79.9. The molecule has 0 aromatic heterocycles. The second kappa shape index (κ2) is 6.59. The molecule has 1 saturated heterocycles. The second-order valence-electron chi connectivity index (χ2n) is 4.24. The number of morpholine rings is 1. The van der Waals surface area contributed by atoms with Crippen LogP contribution < -0.4 is 4.74 Å². The standard InChI is InChI=1S/C13H15BrClNO3/c1-18-12-6-9(15)2-3-11(12)13(17)16-4-5-19-10(7-14)8-16/h2-3,6,10H,4-5,7-8H2,1H3. The molecule has 1 aromatic carbocycles. The zero-order chi connectivity index (χ0) is 13.8. The van der Waals surface area contributed by atoms with Gasteiger partial charge in [0.1, 0.15) is 5.75 Å². The minimum Gasteiger partial charge on any atom is -0.496 e. The van der Waals surface area contributed by atoms with Gasteiger partial charge in [-0.1, -0.05) is 27.5 Å². The maximum atomic E-state index is 12.5. The Hall–Kier alpha value is -0.780. The molecular weight excluding hydrogens is 334 g/mol. The van der Waals surface area contributed by atoms with Gasteiger partial charge < -0.3 is 14.4 Å². The minimum atomic E-state index is -0.0530. The lowest BCUT2D eigenvalue weighted by Gasteiger charge is -2.32. The van der Waals surface area contributed by atoms with Crippen molar-refractivity contribution in [3.8, 4) is 5.75 Å². The molecule has 1 atom stereocenters. The summed E-state index contributed by atoms with van der Waals surface area (Å²) in [5.74, 6) is 0.446. The molecule has 0 N–H and O–H groups in total. The molecule has 1 unspecified atom stereocenters. The summed E-state index contributed by atoms with van der Waals surface area (Å²) >= 11 is 9.28. The molecule has 19 heavy (non-hydrogen) atoms. The van der Waals surface area contributed by atoms with E-state index in [1.54, 1.807) is 23.1 Å². The van der Waals surface area contributed by atoms with Gasteiger partial charge >= 0.3 is 0 Å². The van der Waals surface area contributed by atoms with Crippen molar-refractivity contribution in [2.24, 2.45) is 0 Å². The summed E-state index contributed by atoms with van der Waals surface area (Å²) in [7, 11) is 1.53. The zero-order valence-corrected chi connectivity index (χ0v) is 12.9. The lowest BCUT2D eigenvalue weighted by Crippen LogP contribution is -2.46. The molecule has 4 nitrogen and oxygen atoms in total. The SMILES string of the molecule is COc1cc(Cl)ccc1C(=O)N1CCOC(CBr)C1. The molecule has 1 aliphatic heterocycles. The van der Waals surface area contributed by atoms with Gasteiger partial charge in [-0.2, -0.15) is 0 Å². The first-order valence-electron chi connectivity index (χ1n) is 5.96. The van der Waals surface area contributed by atoms with Gasteiger partial charge in [-0.15, -0.1) is 0 Å². The van der Waals surface area contributed by atoms with Crippen LogP contribution in [0.1, 0.15) is 10.4 Å². The van der Waals surface area contributed by atoms with Gasteiger partial charge in [0.25, 0.3) is 5.91 Å². The number of ether oxygens (including phenoxy) is 2. The summed E-state index contributed by atoms with van der Waals surface area (Å²) in [6, 6.07) is 5.04. The van der Waals surface area contributed by atoms with E-state index in [9.17, 15) is 4.79 Å². The van der Waals surface area contributed by atoms with E-state index < -0.39 is 0 Å². The molecule has 0 aliphatic carbocycles. The Balaban J connectivity index is 2.19. The van der Waals surface area contributed by atoms with Gasteiger partial charge in [-0.05, 0) is 18.2 Å². The van der Waals surface area contributed by atoms with Crippen LogP contribution in [0.25, 0.3) is 0 Å². The summed E-state index contributed by atoms with van der Waals surface area (Å²) in [6.45, 7) is 1.72. The van der Waals surface area contributed by atoms with Crippen molar-refractivity contribution in [2.75, 3.05) is 32.1 Å². The Morgan fingerprint density at radius 3 is 3.11 bits per heavy atom. The van der Waals surface area contributed by atoms with Crippen LogP contribution in [0.2, 0.25) is 5.02 Å². The van der Waals surface area contributed by atoms with Crippen LogP contribution >= 0.6 is 27.5 Å². The molecule has 1 aliphatic rings. The van der Waals surface area contributed by atoms with E-state index in [2.05, 4.69) is 15.9 Å². The van der Waals surface area contributed by atoms with E-state index in [-0.39, 0.29) is 12.0 Å². The fraction of sp³-hybridized carbons (Fsp3) is 0.462. The van der Waals surface area contributed by atoms with Crippen LogP contribution in [0.5, 0.6) is 5.75 Å². The minimum absolute atomic E-state index is 0.0380. The highest BCUT2D eigenvalue weighted by molar-refractivity contribution is 9.09. The van der Waals surface area contributed by atoms with Crippen molar-refractivity contribution < 1.29 is 14.3 Å². The van der Waals surface area contributed by atoms with Crippen molar-refractivity contribution in [3.63, 3.8) is 0 Å². The molecule has 1 heterocycles. The summed E-state index contributed by atoms with van der Waals surface area (Å²) in [6.07, 6.45) is 0.0380. The van der Waals surface area contributed by atoms with Gasteiger partial charge in [0.15, 0.2) is 0 Å². The number of amides is 1. The summed E-state index contributed by atoms with van der Waals surface area (Å²) < 4.78 is 10.7. The number of nitrogens with zero attached hydrogens (tertiary/aromatic N) is 1. The number of hydrogen-bond acceptors (Lipinski definition) is 3. The second-order valence-corrected chi connectivity index (χ2v) is 5.33. The third-order valence-corrected chi connectivity index (χ3v) is 3.95. The van der Waals surface area contributed by atoms with Crippen molar-refractivity contribution in [2.45, 2.75) is 6.10 Å². The number of methoxy groups -OCH3 is 1. The first kappa shape index (κ1) is 14.6. The molecule has 1 amide bonds. The highest BCUT2D eigenvalue weighted by Gasteiger charge is 2.26. The van der Waals surface area contributed by atoms with Crippen molar-refractivity contribution in [1.82, 2.24) is 4.90 Å². The summed E-state index contributed by atoms with van der Waals surface area (Å²) in [4.78, 5) is 14.3. The Morgan fingerprint density at radius 2 is 2.42 bits per heavy atom. The largest absolute Gasteiger partial charge is 0.496 e. The topological polar surface area (TPSA) is 38.8 Å². The van der Waals surface area contributed by atoms with E-state index in [4.69, 9.17) is 21.1 Å². The smallest absolute Gasteiger partial charge is 0.257 e. The fourth-order valence-corrected chi connectivity index (χ4v) is 2.56. The molecule has 0 bridgehead atoms. The predicted octanol–water partition coefficient (Wildman–Crippen LogP) is 2.58. The van der Waals surface area contributed by atoms with Gasteiger partial charge in [0.2, 0.25) is 0 Å². The monoisotopic (exact) mass is 347 g/mol. The Bertz CT molecular complexity index is 469. The Kier molecular flexibility index (Phi) is 5.07. The van der Waals surface area contributed by atoms with Gasteiger partial charge in [0.05, 0.1) is 25.4 Å². The van der Waals surface area contributed by atoms with E-state index >= 15 is 0 Å². The van der Waals surface area contributed by atoms with E-state index in [1.807, 2.05) is 0 Å². The first-order valence-corrected chi connectivity index (χ1v) is 7.46. The Morgan fingerprint density at radius 1 is 1.63 bits per heavy atom. The number of hydrogen-bond donors (Lipinski definition) is 0. The molecule has 6 heteroatoms. The molecule has 1 aromatic rings. The van der Waals surface area contributed by atoms with Crippen LogP contribution in [-0.4, -0.2) is 49.0 Å². The van der Waals surface area contributed by atoms with E-state index in [0.29, 0.717) is 41.4 Å². The first-order chi connectivity index (χ1) is 9.15. The molecule has 1 fully saturated rings. The number of halogens is 2. The highest BCUT2D eigenvalue weighted by Crippen LogP contribution is 2.25. The molecule has 104 valence electrons. The average molecular weight is 349 g/mol. The summed E-state index contributed by atoms with van der Waals surface area (Å²) in [5, 5.41) is 1.27. The number of benzene rings is 1. The summed E-state index contributed by atoms with van der Waals surface area (Å²) in [5.41, 5.74) is 0.530. The molecule has 2 rings (SSSR count). The van der Waals surface area contributed by atoms with Crippen LogP contribution in [0, 0.1) is 0 Å². The van der Waals surface area contributed by atoms with E-state index in [0.717, 1.165) is 0 Å². The molecular formula is C13H15BrClNO3. The van der Waals surface area contributed by atoms with Crippen LogP contribution in [-0.2, 0) is 4.74 Å². The quantitative estimate of drug-likeness (QED) is 0.788. The number of alkyl halides is 1. The van der Waals surface area contributed by atoms with Gasteiger partial charge in [-0.25, -0.2) is 0 Å². The molecule has 0 radical (unpaired) electrons. The maximum absolute atomic E-state index is 12.5. The third kappa shape index (κ3) is 3.41. The lowest BCUT2D eigenvalue weighted by atomic mass is 10.1. The van der Waals surface area contributed by atoms with Crippen LogP contribution in [0.4, 0.5) is 0 Å². The number of rotatable bonds is 3. The average Bonchev–Trinajstić information content (AvgIpc) is 2.46. The van der Waals surface area contributed by atoms with Crippen molar-refractivity contribution >= 4 is 33.4 Å². The van der Waals surface area contributed by atoms with Crippen molar-refractivity contribution in [1.29, 1.82) is 0 Å². The fourth-order valence-electron chi connectivity index (χ4n) is 2.01. The van der Waals surface area contributed by atoms with Gasteiger partial charge in [0, 0.05) is 23.4 Å². The third-order valence-electron chi connectivity index (χ3n) is 2.99. The predicted molar refractivity (Wildman–Crippen MR) is 77.4 cm³/mol. The Labute approximate surface area is 125 Å². The van der Waals surface area contributed by atoms with E-state index in [1.165, 1.54) is 7.11 Å². The lowest BCUT2D eigenvalue weighted by molar-refractivity contribution is -0.00975. The number of carbonyl (C=O) groups excluding carboxylic acids is 1. The molecule has 0 saturated carbocycles. The van der Waals surface area contributed by atoms with Gasteiger partial charge in [-0.3, -0.25) is 4.79 Å². The zero-order valence-electron chi connectivity index (χ0n) is 10.6. The maximum Gasteiger partial charge on any atom is 0.257 e.